The van der Waals surface area contributed by atoms with E-state index in [0.717, 1.165) is 6.07 Å². The number of nitrogens with zero attached hydrogens (tertiary/aromatic N) is 1. The highest BCUT2D eigenvalue weighted by Crippen LogP contribution is 2.39. The Bertz CT molecular complexity index is 1370. The Hall–Kier alpha value is -3.66. The Morgan fingerprint density at radius 3 is 2.53 bits per heavy atom. The average Bonchev–Trinajstić information content (AvgIpc) is 2.76. The van der Waals surface area contributed by atoms with Crippen LogP contribution in [-0.4, -0.2) is 11.0 Å². The van der Waals surface area contributed by atoms with Gasteiger partial charge in [0.2, 0.25) is 11.2 Å². The van der Waals surface area contributed by atoms with E-state index in [4.69, 9.17) is 13.9 Å². The summed E-state index contributed by atoms with van der Waals surface area (Å²) < 4.78 is 56.8. The van der Waals surface area contributed by atoms with Gasteiger partial charge in [0.05, 0.1) is 15.4 Å². The summed E-state index contributed by atoms with van der Waals surface area (Å²) in [4.78, 5) is 28.8. The van der Waals surface area contributed by atoms with E-state index in [1.54, 1.807) is 18.2 Å². The van der Waals surface area contributed by atoms with Gasteiger partial charge in [0.1, 0.15) is 17.1 Å². The number of esters is 1. The molecule has 0 saturated heterocycles. The zero-order chi connectivity index (χ0) is 22.9. The van der Waals surface area contributed by atoms with E-state index in [0.29, 0.717) is 4.47 Å². The Morgan fingerprint density at radius 2 is 1.84 bits per heavy atom. The highest BCUT2D eigenvalue weighted by molar-refractivity contribution is 9.10. The number of fused-ring (bicyclic) bond motifs is 1. The van der Waals surface area contributed by atoms with Crippen molar-refractivity contribution >= 4 is 32.9 Å². The van der Waals surface area contributed by atoms with Crippen LogP contribution in [0.25, 0.3) is 11.0 Å². The molecule has 0 saturated carbocycles. The smallest absolute Gasteiger partial charge is 0.448 e. The lowest BCUT2D eigenvalue weighted by atomic mass is 10.2. The van der Waals surface area contributed by atoms with Crippen LogP contribution in [0.2, 0.25) is 0 Å². The molecule has 2 aromatic carbocycles. The molecule has 0 amide bonds. The fourth-order valence-corrected chi connectivity index (χ4v) is 3.15. The van der Waals surface area contributed by atoms with Crippen molar-refractivity contribution in [1.29, 1.82) is 0 Å². The fourth-order valence-electron chi connectivity index (χ4n) is 2.79. The van der Waals surface area contributed by atoms with Crippen molar-refractivity contribution in [3.05, 3.63) is 93.0 Å². The van der Waals surface area contributed by atoms with Crippen LogP contribution >= 0.6 is 15.9 Å². The molecule has 0 spiro atoms. The van der Waals surface area contributed by atoms with E-state index in [1.807, 2.05) is 0 Å². The second-order valence-electron chi connectivity index (χ2n) is 6.41. The number of carbonyl (C=O) groups is 1. The normalized spacial score (nSPS) is 11.4. The van der Waals surface area contributed by atoms with E-state index < -0.39 is 34.7 Å². The largest absolute Gasteiger partial charge is 0.453 e. The second-order valence-corrected chi connectivity index (χ2v) is 7.26. The van der Waals surface area contributed by atoms with Crippen LogP contribution in [0.1, 0.15) is 16.1 Å². The van der Waals surface area contributed by atoms with Gasteiger partial charge in [0, 0.05) is 18.5 Å². The summed E-state index contributed by atoms with van der Waals surface area (Å²) >= 11 is 3.16. The molecule has 0 aliphatic heterocycles. The Kier molecular flexibility index (Phi) is 5.70. The zero-order valence-corrected chi connectivity index (χ0v) is 17.4. The minimum absolute atomic E-state index is 0.00618. The SMILES string of the molecule is O=C(Oc1ccc2c(=O)c(Oc3ccccc3Br)c(C(F)(F)F)oc2c1)c1cccnc1. The molecule has 10 heteroatoms. The molecule has 162 valence electrons. The lowest BCUT2D eigenvalue weighted by molar-refractivity contribution is -0.154. The lowest BCUT2D eigenvalue weighted by Gasteiger charge is -2.14. The van der Waals surface area contributed by atoms with Gasteiger partial charge in [0.15, 0.2) is 0 Å². The minimum Gasteiger partial charge on any atom is -0.448 e. The third-order valence-corrected chi connectivity index (χ3v) is 4.89. The summed E-state index contributed by atoms with van der Waals surface area (Å²) in [5.74, 6) is -3.49. The first-order chi connectivity index (χ1) is 15.2. The van der Waals surface area contributed by atoms with Gasteiger partial charge in [-0.3, -0.25) is 9.78 Å². The van der Waals surface area contributed by atoms with Crippen molar-refractivity contribution in [2.75, 3.05) is 0 Å². The number of aromatic nitrogens is 1. The van der Waals surface area contributed by atoms with Crippen molar-refractivity contribution in [2.45, 2.75) is 6.18 Å². The Balaban J connectivity index is 1.78. The predicted molar refractivity (Wildman–Crippen MR) is 111 cm³/mol. The van der Waals surface area contributed by atoms with Crippen molar-refractivity contribution in [2.24, 2.45) is 0 Å². The van der Waals surface area contributed by atoms with Crippen LogP contribution in [0.15, 0.2) is 80.7 Å². The molecule has 0 atom stereocenters. The quantitative estimate of drug-likeness (QED) is 0.250. The van der Waals surface area contributed by atoms with Gasteiger partial charge in [-0.25, -0.2) is 4.79 Å². The topological polar surface area (TPSA) is 78.6 Å². The molecule has 32 heavy (non-hydrogen) atoms. The third kappa shape index (κ3) is 4.35. The maximum atomic E-state index is 13.7. The summed E-state index contributed by atoms with van der Waals surface area (Å²) in [5.41, 5.74) is -1.31. The predicted octanol–water partition coefficient (Wildman–Crippen LogP) is 5.98. The highest BCUT2D eigenvalue weighted by Gasteiger charge is 2.40. The van der Waals surface area contributed by atoms with Gasteiger partial charge in [-0.2, -0.15) is 13.2 Å². The van der Waals surface area contributed by atoms with Crippen LogP contribution in [0.5, 0.6) is 17.2 Å². The zero-order valence-electron chi connectivity index (χ0n) is 15.9. The maximum Gasteiger partial charge on any atom is 0.453 e. The molecule has 0 fully saturated rings. The molecule has 0 aliphatic carbocycles. The highest BCUT2D eigenvalue weighted by atomic mass is 79.9. The fraction of sp³-hybridized carbons (Fsp3) is 0.0455. The van der Waals surface area contributed by atoms with E-state index in [9.17, 15) is 22.8 Å². The number of rotatable bonds is 4. The van der Waals surface area contributed by atoms with Crippen LogP contribution in [-0.2, 0) is 6.18 Å². The van der Waals surface area contributed by atoms with Crippen molar-refractivity contribution < 1.29 is 31.9 Å². The molecule has 0 unspecified atom stereocenters. The van der Waals surface area contributed by atoms with Crippen LogP contribution in [0, 0.1) is 0 Å². The Labute approximate surface area is 186 Å². The van der Waals surface area contributed by atoms with Crippen LogP contribution in [0.4, 0.5) is 13.2 Å². The number of hydrogen-bond acceptors (Lipinski definition) is 6. The van der Waals surface area contributed by atoms with Crippen LogP contribution in [0.3, 0.4) is 0 Å². The summed E-state index contributed by atoms with van der Waals surface area (Å²) in [6.45, 7) is 0. The second kappa shape index (κ2) is 8.46. The number of ether oxygens (including phenoxy) is 2. The third-order valence-electron chi connectivity index (χ3n) is 4.24. The van der Waals surface area contributed by atoms with Gasteiger partial charge < -0.3 is 13.9 Å². The summed E-state index contributed by atoms with van der Waals surface area (Å²) in [5, 5.41) is -0.179. The number of alkyl halides is 3. The van der Waals surface area contributed by atoms with Crippen molar-refractivity contribution in [3.63, 3.8) is 0 Å². The summed E-state index contributed by atoms with van der Waals surface area (Å²) in [6.07, 6.45) is -2.28. The van der Waals surface area contributed by atoms with Gasteiger partial charge in [-0.05, 0) is 52.3 Å². The molecule has 0 radical (unpaired) electrons. The van der Waals surface area contributed by atoms with E-state index in [1.165, 1.54) is 42.7 Å². The minimum atomic E-state index is -5.02. The molecule has 4 rings (SSSR count). The number of hydrogen-bond donors (Lipinski definition) is 0. The van der Waals surface area contributed by atoms with Crippen LogP contribution < -0.4 is 14.9 Å². The van der Waals surface area contributed by atoms with E-state index in [2.05, 4.69) is 20.9 Å². The number of para-hydroxylation sites is 1. The van der Waals surface area contributed by atoms with E-state index in [-0.39, 0.29) is 22.4 Å². The number of pyridine rings is 1. The molecular formula is C22H11BrF3NO5. The van der Waals surface area contributed by atoms with Crippen molar-refractivity contribution in [3.8, 4) is 17.2 Å². The number of benzene rings is 2. The van der Waals surface area contributed by atoms with Gasteiger partial charge >= 0.3 is 12.1 Å². The first-order valence-electron chi connectivity index (χ1n) is 8.96. The molecular weight excluding hydrogens is 495 g/mol. The number of carbonyl (C=O) groups excluding carboxylic acids is 1. The number of halogens is 4. The molecule has 4 aromatic rings. The monoisotopic (exact) mass is 505 g/mol. The molecule has 2 heterocycles. The van der Waals surface area contributed by atoms with Gasteiger partial charge in [-0.1, -0.05) is 12.1 Å². The summed E-state index contributed by atoms with van der Waals surface area (Å²) in [6, 6.07) is 12.6. The van der Waals surface area contributed by atoms with Gasteiger partial charge in [-0.15, -0.1) is 0 Å². The van der Waals surface area contributed by atoms with Gasteiger partial charge in [0.25, 0.3) is 5.76 Å². The molecule has 6 nitrogen and oxygen atoms in total. The Morgan fingerprint density at radius 1 is 1.06 bits per heavy atom. The molecule has 0 bridgehead atoms. The molecule has 2 aromatic heterocycles. The standard InChI is InChI=1S/C22H11BrF3NO5/c23-15-5-1-2-6-16(15)31-19-18(28)14-8-7-13(10-17(14)32-20(19)22(24,25)26)30-21(29)12-4-3-9-27-11-12/h1-11H. The van der Waals surface area contributed by atoms with Crippen molar-refractivity contribution in [1.82, 2.24) is 4.98 Å². The summed E-state index contributed by atoms with van der Waals surface area (Å²) in [7, 11) is 0. The maximum absolute atomic E-state index is 13.7. The average molecular weight is 506 g/mol. The van der Waals surface area contributed by atoms with E-state index >= 15 is 0 Å². The molecule has 0 N–H and O–H groups in total. The lowest BCUT2D eigenvalue weighted by Crippen LogP contribution is -2.16. The first kappa shape index (κ1) is 21.6. The first-order valence-corrected chi connectivity index (χ1v) is 9.76. The molecule has 0 aliphatic rings.